The van der Waals surface area contributed by atoms with E-state index in [1.165, 1.54) is 0 Å². The van der Waals surface area contributed by atoms with Crippen molar-refractivity contribution in [2.45, 2.75) is 13.8 Å². The first kappa shape index (κ1) is 6.27. The van der Waals surface area contributed by atoms with E-state index in [1.807, 2.05) is 13.8 Å². The van der Waals surface area contributed by atoms with Crippen LogP contribution in [0.15, 0.2) is 6.20 Å². The molecule has 0 bridgehead atoms. The lowest BCUT2D eigenvalue weighted by Gasteiger charge is -1.89. The third-order valence-corrected chi connectivity index (χ3v) is 1.73. The van der Waals surface area contributed by atoms with E-state index < -0.39 is 0 Å². The standard InChI is InChI=1S/C7H8N4/c1-4-6-3-8-9-5(2)7(6)11-10-4/h3H,1-2H3,(H,10,11). The maximum Gasteiger partial charge on any atom is 0.117 e. The molecule has 0 aliphatic carbocycles. The molecule has 0 radical (unpaired) electrons. The first-order valence-corrected chi connectivity index (χ1v) is 3.42. The Morgan fingerprint density at radius 1 is 1.36 bits per heavy atom. The lowest BCUT2D eigenvalue weighted by atomic mass is 10.2. The van der Waals surface area contributed by atoms with Crippen molar-refractivity contribution in [1.29, 1.82) is 0 Å². The van der Waals surface area contributed by atoms with Crippen molar-refractivity contribution in [3.05, 3.63) is 17.6 Å². The summed E-state index contributed by atoms with van der Waals surface area (Å²) in [6.45, 7) is 3.87. The molecule has 4 nitrogen and oxygen atoms in total. The molecule has 4 heteroatoms. The number of aromatic nitrogens is 4. The summed E-state index contributed by atoms with van der Waals surface area (Å²) in [6, 6.07) is 0. The lowest BCUT2D eigenvalue weighted by molar-refractivity contribution is 0.992. The van der Waals surface area contributed by atoms with E-state index in [2.05, 4.69) is 20.4 Å². The van der Waals surface area contributed by atoms with Gasteiger partial charge in [0.1, 0.15) is 5.52 Å². The van der Waals surface area contributed by atoms with Crippen molar-refractivity contribution in [2.24, 2.45) is 0 Å². The molecule has 0 fully saturated rings. The molecule has 0 aliphatic heterocycles. The number of hydrogen-bond donors (Lipinski definition) is 1. The van der Waals surface area contributed by atoms with Gasteiger partial charge in [-0.3, -0.25) is 5.10 Å². The molecule has 2 aromatic rings. The molecule has 2 rings (SSSR count). The van der Waals surface area contributed by atoms with Crippen molar-refractivity contribution in [2.75, 3.05) is 0 Å². The van der Waals surface area contributed by atoms with Gasteiger partial charge in [0.15, 0.2) is 0 Å². The molecule has 0 atom stereocenters. The zero-order chi connectivity index (χ0) is 7.84. The molecule has 0 spiro atoms. The van der Waals surface area contributed by atoms with Gasteiger partial charge in [-0.05, 0) is 13.8 Å². The van der Waals surface area contributed by atoms with E-state index in [1.54, 1.807) is 6.20 Å². The fraction of sp³-hybridized carbons (Fsp3) is 0.286. The van der Waals surface area contributed by atoms with Gasteiger partial charge in [-0.2, -0.15) is 15.3 Å². The van der Waals surface area contributed by atoms with Crippen molar-refractivity contribution in [1.82, 2.24) is 20.4 Å². The lowest BCUT2D eigenvalue weighted by Crippen LogP contribution is -1.85. The van der Waals surface area contributed by atoms with Crippen molar-refractivity contribution in [3.63, 3.8) is 0 Å². The van der Waals surface area contributed by atoms with E-state index in [0.29, 0.717) is 0 Å². The van der Waals surface area contributed by atoms with Gasteiger partial charge in [-0.15, -0.1) is 0 Å². The van der Waals surface area contributed by atoms with Crippen molar-refractivity contribution < 1.29 is 0 Å². The zero-order valence-corrected chi connectivity index (χ0v) is 6.42. The molecule has 1 N–H and O–H groups in total. The topological polar surface area (TPSA) is 54.5 Å². The Hall–Kier alpha value is -1.45. The Morgan fingerprint density at radius 2 is 2.18 bits per heavy atom. The Labute approximate surface area is 63.6 Å². The van der Waals surface area contributed by atoms with Gasteiger partial charge >= 0.3 is 0 Å². The van der Waals surface area contributed by atoms with Gasteiger partial charge in [0.2, 0.25) is 0 Å². The Balaban J connectivity index is 2.94. The number of hydrogen-bond acceptors (Lipinski definition) is 3. The smallest absolute Gasteiger partial charge is 0.117 e. The van der Waals surface area contributed by atoms with E-state index in [0.717, 1.165) is 22.3 Å². The van der Waals surface area contributed by atoms with Crippen molar-refractivity contribution in [3.8, 4) is 0 Å². The molecule has 56 valence electrons. The summed E-state index contributed by atoms with van der Waals surface area (Å²) in [7, 11) is 0. The number of nitrogens with one attached hydrogen (secondary N) is 1. The van der Waals surface area contributed by atoms with Crippen molar-refractivity contribution >= 4 is 10.9 Å². The largest absolute Gasteiger partial charge is 0.282 e. The predicted octanol–water partition coefficient (Wildman–Crippen LogP) is 0.970. The predicted molar refractivity (Wildman–Crippen MR) is 41.2 cm³/mol. The number of fused-ring (bicyclic) bond motifs is 1. The Bertz CT molecular complexity index is 390. The summed E-state index contributed by atoms with van der Waals surface area (Å²) in [6.07, 6.45) is 1.72. The highest BCUT2D eigenvalue weighted by atomic mass is 15.2. The highest BCUT2D eigenvalue weighted by molar-refractivity contribution is 5.81. The van der Waals surface area contributed by atoms with Gasteiger partial charge in [0, 0.05) is 11.1 Å². The number of nitrogens with zero attached hydrogens (tertiary/aromatic N) is 3. The van der Waals surface area contributed by atoms with Crippen LogP contribution in [0.2, 0.25) is 0 Å². The number of aryl methyl sites for hydroxylation is 2. The molecular formula is C7H8N4. The third kappa shape index (κ3) is 0.790. The summed E-state index contributed by atoms with van der Waals surface area (Å²) in [4.78, 5) is 0. The van der Waals surface area contributed by atoms with E-state index in [4.69, 9.17) is 0 Å². The van der Waals surface area contributed by atoms with Crippen LogP contribution in [0.5, 0.6) is 0 Å². The maximum atomic E-state index is 4.09. The van der Waals surface area contributed by atoms with Crippen LogP contribution in [0, 0.1) is 13.8 Å². The van der Waals surface area contributed by atoms with Gasteiger partial charge in [0.05, 0.1) is 11.9 Å². The minimum atomic E-state index is 0.867. The SMILES string of the molecule is Cc1[nH]nc2c(C)nncc12. The number of aromatic amines is 1. The second-order valence-corrected chi connectivity index (χ2v) is 2.54. The molecule has 0 aliphatic rings. The molecule has 2 heterocycles. The molecule has 0 unspecified atom stereocenters. The fourth-order valence-electron chi connectivity index (χ4n) is 1.09. The normalized spacial score (nSPS) is 10.7. The van der Waals surface area contributed by atoms with Crippen LogP contribution in [0.4, 0.5) is 0 Å². The molecule has 0 aromatic carbocycles. The molecule has 0 amide bonds. The van der Waals surface area contributed by atoms with Crippen LogP contribution in [0.25, 0.3) is 10.9 Å². The van der Waals surface area contributed by atoms with Gasteiger partial charge in [-0.1, -0.05) is 0 Å². The molecular weight excluding hydrogens is 140 g/mol. The summed E-state index contributed by atoms with van der Waals surface area (Å²) in [5.41, 5.74) is 2.82. The molecule has 11 heavy (non-hydrogen) atoms. The average Bonchev–Trinajstić information content (AvgIpc) is 2.35. The van der Waals surface area contributed by atoms with Crippen LogP contribution >= 0.6 is 0 Å². The summed E-state index contributed by atoms with van der Waals surface area (Å²) in [5.74, 6) is 0. The fourth-order valence-corrected chi connectivity index (χ4v) is 1.09. The summed E-state index contributed by atoms with van der Waals surface area (Å²) >= 11 is 0. The summed E-state index contributed by atoms with van der Waals surface area (Å²) in [5, 5.41) is 15.8. The highest BCUT2D eigenvalue weighted by Gasteiger charge is 2.03. The van der Waals surface area contributed by atoms with Gasteiger partial charge < -0.3 is 0 Å². The summed E-state index contributed by atoms with van der Waals surface area (Å²) < 4.78 is 0. The van der Waals surface area contributed by atoms with Crippen LogP contribution in [0.3, 0.4) is 0 Å². The molecule has 0 saturated heterocycles. The van der Waals surface area contributed by atoms with Crippen LogP contribution in [-0.2, 0) is 0 Å². The first-order valence-electron chi connectivity index (χ1n) is 3.42. The minimum absolute atomic E-state index is 0.867. The van der Waals surface area contributed by atoms with E-state index in [-0.39, 0.29) is 0 Å². The minimum Gasteiger partial charge on any atom is -0.282 e. The Morgan fingerprint density at radius 3 is 2.91 bits per heavy atom. The van der Waals surface area contributed by atoms with Crippen LogP contribution < -0.4 is 0 Å². The van der Waals surface area contributed by atoms with Gasteiger partial charge in [-0.25, -0.2) is 0 Å². The van der Waals surface area contributed by atoms with Crippen LogP contribution in [0.1, 0.15) is 11.4 Å². The average molecular weight is 148 g/mol. The third-order valence-electron chi connectivity index (χ3n) is 1.73. The quantitative estimate of drug-likeness (QED) is 0.605. The molecule has 0 saturated carbocycles. The monoisotopic (exact) mass is 148 g/mol. The maximum absolute atomic E-state index is 4.09. The molecule has 2 aromatic heterocycles. The second kappa shape index (κ2) is 2.02. The van der Waals surface area contributed by atoms with E-state index >= 15 is 0 Å². The Kier molecular flexibility index (Phi) is 1.15. The van der Waals surface area contributed by atoms with Gasteiger partial charge in [0.25, 0.3) is 0 Å². The zero-order valence-electron chi connectivity index (χ0n) is 6.42. The first-order chi connectivity index (χ1) is 5.29. The number of rotatable bonds is 0. The highest BCUT2D eigenvalue weighted by Crippen LogP contribution is 2.14. The second-order valence-electron chi connectivity index (χ2n) is 2.54. The van der Waals surface area contributed by atoms with E-state index in [9.17, 15) is 0 Å². The van der Waals surface area contributed by atoms with Crippen LogP contribution in [-0.4, -0.2) is 20.4 Å². The number of H-pyrrole nitrogens is 1.